The Kier molecular flexibility index (Phi) is 7.07. The van der Waals surface area contributed by atoms with Crippen LogP contribution in [0.1, 0.15) is 22.3 Å². The highest BCUT2D eigenvalue weighted by Gasteiger charge is 2.11. The van der Waals surface area contributed by atoms with E-state index < -0.39 is 5.97 Å². The van der Waals surface area contributed by atoms with Gasteiger partial charge in [-0.05, 0) is 42.5 Å². The van der Waals surface area contributed by atoms with E-state index in [9.17, 15) is 14.9 Å². The summed E-state index contributed by atoms with van der Waals surface area (Å²) in [7, 11) is 0. The molecule has 0 fully saturated rings. The maximum atomic E-state index is 12.2. The Morgan fingerprint density at radius 3 is 2.60 bits per heavy atom. The maximum Gasteiger partial charge on any atom is 0.335 e. The zero-order chi connectivity index (χ0) is 21.5. The predicted octanol–water partition coefficient (Wildman–Crippen LogP) is 5.09. The highest BCUT2D eigenvalue weighted by atomic mass is 35.5. The Bertz CT molecular complexity index is 1130. The molecular formula is C22H16ClN3O3S. The van der Waals surface area contributed by atoms with Gasteiger partial charge in [0.15, 0.2) is 0 Å². The average molecular weight is 438 g/mol. The first-order chi connectivity index (χ1) is 14.5. The van der Waals surface area contributed by atoms with Crippen LogP contribution in [0.2, 0.25) is 5.02 Å². The fraction of sp³-hybridized carbons (Fsp3) is 0.0909. The fourth-order valence-corrected chi connectivity index (χ4v) is 3.65. The third-order valence-electron chi connectivity index (χ3n) is 4.08. The molecule has 1 amide bonds. The largest absolute Gasteiger partial charge is 0.478 e. The van der Waals surface area contributed by atoms with Gasteiger partial charge >= 0.3 is 5.97 Å². The lowest BCUT2D eigenvalue weighted by molar-refractivity contribution is -0.115. The second-order valence-electron chi connectivity index (χ2n) is 6.20. The molecule has 150 valence electrons. The van der Waals surface area contributed by atoms with Gasteiger partial charge in [-0.15, -0.1) is 11.8 Å². The third kappa shape index (κ3) is 5.60. The zero-order valence-corrected chi connectivity index (χ0v) is 17.2. The van der Waals surface area contributed by atoms with Crippen LogP contribution in [0.4, 0.5) is 5.69 Å². The van der Waals surface area contributed by atoms with Gasteiger partial charge in [-0.1, -0.05) is 29.8 Å². The van der Waals surface area contributed by atoms with Crippen molar-refractivity contribution in [1.29, 1.82) is 5.26 Å². The summed E-state index contributed by atoms with van der Waals surface area (Å²) >= 11 is 7.24. The number of hydrogen-bond donors (Lipinski definition) is 2. The molecule has 2 N–H and O–H groups in total. The highest BCUT2D eigenvalue weighted by molar-refractivity contribution is 7.99. The second-order valence-corrected chi connectivity index (χ2v) is 7.72. The molecule has 0 aliphatic rings. The number of carboxylic acid groups (broad SMARTS) is 1. The van der Waals surface area contributed by atoms with Crippen LogP contribution in [0, 0.1) is 11.3 Å². The summed E-state index contributed by atoms with van der Waals surface area (Å²) in [6, 6.07) is 18.9. The topological polar surface area (TPSA) is 103 Å². The van der Waals surface area contributed by atoms with E-state index in [0.717, 1.165) is 5.56 Å². The molecule has 0 aliphatic heterocycles. The molecule has 30 heavy (non-hydrogen) atoms. The number of aromatic carboxylic acids is 1. The van der Waals surface area contributed by atoms with Crippen molar-refractivity contribution in [2.75, 3.05) is 11.1 Å². The molecule has 3 rings (SSSR count). The first-order valence-electron chi connectivity index (χ1n) is 8.89. The van der Waals surface area contributed by atoms with Crippen molar-refractivity contribution in [3.63, 3.8) is 0 Å². The van der Waals surface area contributed by atoms with E-state index in [-0.39, 0.29) is 17.9 Å². The van der Waals surface area contributed by atoms with Crippen LogP contribution in [0.25, 0.3) is 11.3 Å². The minimum atomic E-state index is -1.06. The molecule has 8 heteroatoms. The van der Waals surface area contributed by atoms with Crippen LogP contribution < -0.4 is 5.32 Å². The van der Waals surface area contributed by atoms with E-state index in [1.807, 2.05) is 12.1 Å². The average Bonchev–Trinajstić information content (AvgIpc) is 2.74. The number of carbonyl (C=O) groups is 2. The highest BCUT2D eigenvalue weighted by Crippen LogP contribution is 2.26. The molecule has 1 heterocycles. The van der Waals surface area contributed by atoms with E-state index in [1.54, 1.807) is 36.4 Å². The molecule has 6 nitrogen and oxygen atoms in total. The van der Waals surface area contributed by atoms with Crippen LogP contribution in [-0.4, -0.2) is 27.7 Å². The molecule has 0 spiro atoms. The van der Waals surface area contributed by atoms with Gasteiger partial charge in [0.05, 0.1) is 16.8 Å². The number of benzene rings is 2. The summed E-state index contributed by atoms with van der Waals surface area (Å²) in [4.78, 5) is 27.8. The van der Waals surface area contributed by atoms with Crippen molar-refractivity contribution >= 4 is 40.9 Å². The molecule has 0 saturated carbocycles. The van der Waals surface area contributed by atoms with Gasteiger partial charge in [0, 0.05) is 28.4 Å². The number of nitrogens with one attached hydrogen (secondary N) is 1. The summed E-state index contributed by atoms with van der Waals surface area (Å²) in [6.45, 7) is 0. The third-order valence-corrected chi connectivity index (χ3v) is 5.33. The standard InChI is InChI=1S/C22H16ClN3O3S/c23-17-7-4-14(5-8-17)19-9-6-16(13-24)21(26-19)30-11-10-20(27)25-18-3-1-2-15(12-18)22(28)29/h1-9,12H,10-11H2,(H,25,27)(H,28,29). The molecule has 0 bridgehead atoms. The lowest BCUT2D eigenvalue weighted by atomic mass is 10.1. The number of thioether (sulfide) groups is 1. The molecular weight excluding hydrogens is 422 g/mol. The first-order valence-corrected chi connectivity index (χ1v) is 10.3. The van der Waals surface area contributed by atoms with Crippen molar-refractivity contribution in [3.05, 3.63) is 76.8 Å². The van der Waals surface area contributed by atoms with Crippen molar-refractivity contribution < 1.29 is 14.7 Å². The number of nitriles is 1. The zero-order valence-electron chi connectivity index (χ0n) is 15.6. The first kappa shape index (κ1) is 21.4. The summed E-state index contributed by atoms with van der Waals surface area (Å²) in [5.41, 5.74) is 2.55. The van der Waals surface area contributed by atoms with Gasteiger partial charge in [-0.25, -0.2) is 9.78 Å². The molecule has 0 aliphatic carbocycles. The van der Waals surface area contributed by atoms with Crippen molar-refractivity contribution in [2.24, 2.45) is 0 Å². The monoisotopic (exact) mass is 437 g/mol. The van der Waals surface area contributed by atoms with Gasteiger partial charge in [-0.2, -0.15) is 5.26 Å². The number of nitrogens with zero attached hydrogens (tertiary/aromatic N) is 2. The van der Waals surface area contributed by atoms with Crippen LogP contribution in [-0.2, 0) is 4.79 Å². The normalized spacial score (nSPS) is 10.3. The summed E-state index contributed by atoms with van der Waals surface area (Å²) in [6.07, 6.45) is 0.180. The van der Waals surface area contributed by atoms with E-state index >= 15 is 0 Å². The summed E-state index contributed by atoms with van der Waals surface area (Å²) in [5, 5.41) is 22.2. The van der Waals surface area contributed by atoms with Gasteiger partial charge in [0.25, 0.3) is 0 Å². The van der Waals surface area contributed by atoms with Crippen LogP contribution >= 0.6 is 23.4 Å². The number of halogens is 1. The van der Waals surface area contributed by atoms with Crippen LogP contribution in [0.15, 0.2) is 65.7 Å². The Labute approximate surface area is 182 Å². The van der Waals surface area contributed by atoms with E-state index in [2.05, 4.69) is 16.4 Å². The number of pyridine rings is 1. The smallest absolute Gasteiger partial charge is 0.335 e. The van der Waals surface area contributed by atoms with E-state index in [1.165, 1.54) is 23.9 Å². The predicted molar refractivity (Wildman–Crippen MR) is 117 cm³/mol. The van der Waals surface area contributed by atoms with Gasteiger partial charge in [0.2, 0.25) is 5.91 Å². The molecule has 0 radical (unpaired) electrons. The quantitative estimate of drug-likeness (QED) is 0.499. The Morgan fingerprint density at radius 1 is 1.13 bits per heavy atom. The van der Waals surface area contributed by atoms with Crippen molar-refractivity contribution in [2.45, 2.75) is 11.4 Å². The van der Waals surface area contributed by atoms with Gasteiger partial charge in [-0.3, -0.25) is 4.79 Å². The molecule has 1 aromatic heterocycles. The fourth-order valence-electron chi connectivity index (χ4n) is 2.61. The van der Waals surface area contributed by atoms with E-state index in [4.69, 9.17) is 16.7 Å². The molecule has 0 saturated heterocycles. The lowest BCUT2D eigenvalue weighted by Crippen LogP contribution is -2.12. The minimum absolute atomic E-state index is 0.101. The number of amides is 1. The Hall–Kier alpha value is -3.34. The SMILES string of the molecule is N#Cc1ccc(-c2ccc(Cl)cc2)nc1SCCC(=O)Nc1cccc(C(=O)O)c1. The number of carboxylic acids is 1. The maximum absolute atomic E-state index is 12.2. The van der Waals surface area contributed by atoms with Crippen molar-refractivity contribution in [3.8, 4) is 17.3 Å². The van der Waals surface area contributed by atoms with Crippen molar-refractivity contribution in [1.82, 2.24) is 4.98 Å². The molecule has 0 atom stereocenters. The van der Waals surface area contributed by atoms with Gasteiger partial charge < -0.3 is 10.4 Å². The second kappa shape index (κ2) is 9.92. The van der Waals surface area contributed by atoms with Crippen LogP contribution in [0.3, 0.4) is 0 Å². The Morgan fingerprint density at radius 2 is 1.90 bits per heavy atom. The van der Waals surface area contributed by atoms with Crippen LogP contribution in [0.5, 0.6) is 0 Å². The minimum Gasteiger partial charge on any atom is -0.478 e. The molecule has 2 aromatic carbocycles. The molecule has 0 unspecified atom stereocenters. The number of anilines is 1. The summed E-state index contributed by atoms with van der Waals surface area (Å²) < 4.78 is 0. The van der Waals surface area contributed by atoms with Gasteiger partial charge in [0.1, 0.15) is 11.1 Å². The number of rotatable bonds is 7. The number of carbonyl (C=O) groups excluding carboxylic acids is 1. The van der Waals surface area contributed by atoms with E-state index in [0.29, 0.717) is 32.7 Å². The lowest BCUT2D eigenvalue weighted by Gasteiger charge is -2.08. The molecule has 3 aromatic rings. The number of aromatic nitrogens is 1. The Balaban J connectivity index is 1.63. The summed E-state index contributed by atoms with van der Waals surface area (Å²) in [5.74, 6) is -0.898. The number of hydrogen-bond acceptors (Lipinski definition) is 5.